The normalized spacial score (nSPS) is 11.2. The van der Waals surface area contributed by atoms with Crippen molar-refractivity contribution in [1.29, 1.82) is 0 Å². The summed E-state index contributed by atoms with van der Waals surface area (Å²) in [4.78, 5) is 16.0. The second-order valence-electron chi connectivity index (χ2n) is 4.55. The molecule has 1 amide bonds. The van der Waals surface area contributed by atoms with Crippen molar-refractivity contribution >= 4 is 35.0 Å². The lowest BCUT2D eigenvalue weighted by molar-refractivity contribution is -0.118. The highest BCUT2D eigenvalue weighted by Gasteiger charge is 2.08. The van der Waals surface area contributed by atoms with Gasteiger partial charge in [-0.3, -0.25) is 4.79 Å². The van der Waals surface area contributed by atoms with E-state index in [1.807, 2.05) is 24.3 Å². The number of nitrogens with one attached hydrogen (secondary N) is 1. The molecule has 0 radical (unpaired) electrons. The molecule has 23 heavy (non-hydrogen) atoms. The molecule has 1 aromatic heterocycles. The van der Waals surface area contributed by atoms with Gasteiger partial charge in [0.25, 0.3) is 11.1 Å². The van der Waals surface area contributed by atoms with Gasteiger partial charge in [0, 0.05) is 5.56 Å². The van der Waals surface area contributed by atoms with Crippen LogP contribution in [0.4, 0.5) is 4.39 Å². The molecule has 116 valence electrons. The van der Waals surface area contributed by atoms with Crippen LogP contribution in [0.25, 0.3) is 11.1 Å². The van der Waals surface area contributed by atoms with Gasteiger partial charge in [0.1, 0.15) is 11.3 Å². The molecule has 0 saturated carbocycles. The van der Waals surface area contributed by atoms with Crippen LogP contribution in [0.15, 0.2) is 63.3 Å². The summed E-state index contributed by atoms with van der Waals surface area (Å²) in [6.07, 6.45) is 1.26. The van der Waals surface area contributed by atoms with Crippen LogP contribution in [0.2, 0.25) is 0 Å². The van der Waals surface area contributed by atoms with Crippen LogP contribution in [0, 0.1) is 5.82 Å². The number of benzene rings is 2. The zero-order chi connectivity index (χ0) is 16.1. The molecule has 0 fully saturated rings. The number of oxazole rings is 1. The maximum atomic E-state index is 13.4. The van der Waals surface area contributed by atoms with Crippen LogP contribution in [-0.4, -0.2) is 22.9 Å². The number of hydrogen-bond donors (Lipinski definition) is 1. The van der Waals surface area contributed by atoms with Gasteiger partial charge in [-0.15, -0.1) is 0 Å². The van der Waals surface area contributed by atoms with Gasteiger partial charge in [0.05, 0.1) is 12.0 Å². The van der Waals surface area contributed by atoms with Crippen LogP contribution in [0.3, 0.4) is 0 Å². The third-order valence-electron chi connectivity index (χ3n) is 2.90. The first-order valence-corrected chi connectivity index (χ1v) is 7.76. The first-order chi connectivity index (χ1) is 11.2. The third kappa shape index (κ3) is 3.95. The van der Waals surface area contributed by atoms with Crippen LogP contribution in [0.1, 0.15) is 5.56 Å². The number of nitrogens with zero attached hydrogens (tertiary/aromatic N) is 2. The Morgan fingerprint density at radius 2 is 2.04 bits per heavy atom. The molecular weight excluding hydrogens is 317 g/mol. The Labute approximate surface area is 135 Å². The number of carbonyl (C=O) groups is 1. The van der Waals surface area contributed by atoms with E-state index in [1.54, 1.807) is 18.2 Å². The van der Waals surface area contributed by atoms with Crippen molar-refractivity contribution in [2.24, 2.45) is 5.10 Å². The number of carbonyl (C=O) groups excluding carboxylic acids is 1. The first kappa shape index (κ1) is 15.2. The lowest BCUT2D eigenvalue weighted by Gasteiger charge is -1.98. The minimum absolute atomic E-state index is 0.0986. The van der Waals surface area contributed by atoms with Crippen LogP contribution in [-0.2, 0) is 4.79 Å². The van der Waals surface area contributed by atoms with Crippen molar-refractivity contribution in [3.05, 3.63) is 59.9 Å². The van der Waals surface area contributed by atoms with Crippen LogP contribution in [0.5, 0.6) is 0 Å². The molecule has 0 bridgehead atoms. The molecule has 3 rings (SSSR count). The van der Waals surface area contributed by atoms with Gasteiger partial charge >= 0.3 is 0 Å². The summed E-state index contributed by atoms with van der Waals surface area (Å²) in [7, 11) is 0. The number of fused-ring (bicyclic) bond motifs is 1. The minimum atomic E-state index is -0.397. The van der Waals surface area contributed by atoms with Gasteiger partial charge in [-0.25, -0.2) is 14.8 Å². The van der Waals surface area contributed by atoms with Gasteiger partial charge in [0.2, 0.25) is 0 Å². The molecule has 0 spiro atoms. The zero-order valence-electron chi connectivity index (χ0n) is 11.9. The Kier molecular flexibility index (Phi) is 4.68. The molecular formula is C16H12FN3O2S. The molecule has 0 atom stereocenters. The SMILES string of the molecule is O=C(CSc1nc2ccccc2o1)NN=Cc1ccccc1F. The van der Waals surface area contributed by atoms with Crippen molar-refractivity contribution in [3.63, 3.8) is 0 Å². The van der Waals surface area contributed by atoms with Crippen molar-refractivity contribution in [3.8, 4) is 0 Å². The van der Waals surface area contributed by atoms with E-state index < -0.39 is 5.82 Å². The molecule has 3 aromatic rings. The molecule has 0 aliphatic carbocycles. The summed E-state index contributed by atoms with van der Waals surface area (Å²) in [5.41, 5.74) is 4.06. The molecule has 2 aromatic carbocycles. The highest BCUT2D eigenvalue weighted by Crippen LogP contribution is 2.22. The second kappa shape index (κ2) is 7.06. The van der Waals surface area contributed by atoms with Crippen molar-refractivity contribution in [1.82, 2.24) is 10.4 Å². The lowest BCUT2D eigenvalue weighted by atomic mass is 10.2. The van der Waals surface area contributed by atoms with E-state index in [2.05, 4.69) is 15.5 Å². The molecule has 0 aliphatic rings. The Morgan fingerprint density at radius 3 is 2.87 bits per heavy atom. The monoisotopic (exact) mass is 329 g/mol. The number of hydrazone groups is 1. The number of rotatable bonds is 5. The molecule has 5 nitrogen and oxygen atoms in total. The van der Waals surface area contributed by atoms with Crippen LogP contribution < -0.4 is 5.43 Å². The average molecular weight is 329 g/mol. The first-order valence-electron chi connectivity index (χ1n) is 6.77. The molecule has 0 aliphatic heterocycles. The number of thioether (sulfide) groups is 1. The van der Waals surface area contributed by atoms with E-state index >= 15 is 0 Å². The van der Waals surface area contributed by atoms with E-state index in [-0.39, 0.29) is 11.7 Å². The predicted octanol–water partition coefficient (Wildman–Crippen LogP) is 3.21. The minimum Gasteiger partial charge on any atom is -0.431 e. The Balaban J connectivity index is 1.52. The summed E-state index contributed by atoms with van der Waals surface area (Å²) in [6.45, 7) is 0. The summed E-state index contributed by atoms with van der Waals surface area (Å²) < 4.78 is 18.8. The van der Waals surface area contributed by atoms with Gasteiger partial charge in [0.15, 0.2) is 5.58 Å². The number of halogens is 1. The van der Waals surface area contributed by atoms with E-state index in [9.17, 15) is 9.18 Å². The van der Waals surface area contributed by atoms with E-state index in [0.717, 1.165) is 5.52 Å². The lowest BCUT2D eigenvalue weighted by Crippen LogP contribution is -2.19. The Bertz CT molecular complexity index is 830. The third-order valence-corrected chi connectivity index (χ3v) is 3.73. The van der Waals surface area contributed by atoms with Gasteiger partial charge in [-0.05, 0) is 18.2 Å². The number of amides is 1. The highest BCUT2D eigenvalue weighted by atomic mass is 32.2. The van der Waals surface area contributed by atoms with Crippen molar-refractivity contribution in [2.75, 3.05) is 5.75 Å². The van der Waals surface area contributed by atoms with E-state index in [0.29, 0.717) is 16.4 Å². The quantitative estimate of drug-likeness (QED) is 0.443. The predicted molar refractivity (Wildman–Crippen MR) is 86.9 cm³/mol. The molecule has 0 unspecified atom stereocenters. The smallest absolute Gasteiger partial charge is 0.257 e. The van der Waals surface area contributed by atoms with Gasteiger partial charge in [-0.1, -0.05) is 42.1 Å². The average Bonchev–Trinajstić information content (AvgIpc) is 2.98. The summed E-state index contributed by atoms with van der Waals surface area (Å²) in [5, 5.41) is 4.14. The fourth-order valence-electron chi connectivity index (χ4n) is 1.83. The van der Waals surface area contributed by atoms with Crippen LogP contribution >= 0.6 is 11.8 Å². The summed E-state index contributed by atoms with van der Waals surface area (Å²) in [5.74, 6) is -0.627. The van der Waals surface area contributed by atoms with Gasteiger partial charge in [-0.2, -0.15) is 5.10 Å². The van der Waals surface area contributed by atoms with Crippen molar-refractivity contribution < 1.29 is 13.6 Å². The highest BCUT2D eigenvalue weighted by molar-refractivity contribution is 7.99. The Morgan fingerprint density at radius 1 is 1.26 bits per heavy atom. The van der Waals surface area contributed by atoms with Gasteiger partial charge < -0.3 is 4.42 Å². The number of aromatic nitrogens is 1. The van der Waals surface area contributed by atoms with Crippen molar-refractivity contribution in [2.45, 2.75) is 5.22 Å². The molecule has 0 saturated heterocycles. The van der Waals surface area contributed by atoms with E-state index in [4.69, 9.17) is 4.42 Å². The number of hydrogen-bond acceptors (Lipinski definition) is 5. The molecule has 1 heterocycles. The maximum absolute atomic E-state index is 13.4. The zero-order valence-corrected chi connectivity index (χ0v) is 12.7. The maximum Gasteiger partial charge on any atom is 0.257 e. The fraction of sp³-hybridized carbons (Fsp3) is 0.0625. The standard InChI is InChI=1S/C16H12FN3O2S/c17-12-6-2-1-5-11(12)9-18-20-15(21)10-23-16-19-13-7-3-4-8-14(13)22-16/h1-9H,10H2,(H,20,21). The molecule has 1 N–H and O–H groups in total. The Hall–Kier alpha value is -2.67. The van der Waals surface area contributed by atoms with E-state index in [1.165, 1.54) is 24.0 Å². The largest absolute Gasteiger partial charge is 0.431 e. The fourth-order valence-corrected chi connectivity index (χ4v) is 2.46. The topological polar surface area (TPSA) is 67.5 Å². The second-order valence-corrected chi connectivity index (χ2v) is 5.48. The number of para-hydroxylation sites is 2. The summed E-state index contributed by atoms with van der Waals surface area (Å²) in [6, 6.07) is 13.5. The summed E-state index contributed by atoms with van der Waals surface area (Å²) >= 11 is 1.17. The molecule has 7 heteroatoms.